The second kappa shape index (κ2) is 4.75. The average Bonchev–Trinajstić information content (AvgIpc) is 3.01. The normalized spacial score (nSPS) is 12.8. The second-order valence-electron chi connectivity index (χ2n) is 4.32. The largest absolute Gasteiger partial charge is 0.479 e. The maximum atomic E-state index is 6.23. The second-order valence-corrected chi connectivity index (χ2v) is 4.98. The fourth-order valence-corrected chi connectivity index (χ4v) is 2.20. The molecule has 0 radical (unpaired) electrons. The molecular weight excluding hydrogens is 280 g/mol. The lowest BCUT2D eigenvalue weighted by Crippen LogP contribution is -2.04. The van der Waals surface area contributed by atoms with Crippen LogP contribution in [0.5, 0.6) is 5.88 Å². The maximum absolute atomic E-state index is 6.23. The van der Waals surface area contributed by atoms with Gasteiger partial charge in [-0.25, -0.2) is 9.97 Å². The van der Waals surface area contributed by atoms with Crippen molar-refractivity contribution < 1.29 is 4.74 Å². The van der Waals surface area contributed by atoms with Gasteiger partial charge in [-0.2, -0.15) is 10.1 Å². The van der Waals surface area contributed by atoms with E-state index in [1.54, 1.807) is 11.8 Å². The minimum Gasteiger partial charge on any atom is -0.479 e. The molecule has 0 aliphatic heterocycles. The van der Waals surface area contributed by atoms with E-state index in [-0.39, 0.29) is 5.38 Å². The summed E-state index contributed by atoms with van der Waals surface area (Å²) in [6.07, 6.45) is 3.28. The Bertz CT molecular complexity index is 762. The van der Waals surface area contributed by atoms with E-state index in [1.165, 1.54) is 6.33 Å². The van der Waals surface area contributed by atoms with Crippen LogP contribution in [0.3, 0.4) is 0 Å². The number of ether oxygens (including phenoxy) is 1. The molecule has 3 aromatic heterocycles. The monoisotopic (exact) mass is 292 g/mol. The van der Waals surface area contributed by atoms with Crippen LogP contribution in [-0.4, -0.2) is 36.4 Å². The molecule has 0 aromatic carbocycles. The minimum atomic E-state index is -0.295. The van der Waals surface area contributed by atoms with Crippen molar-refractivity contribution in [2.24, 2.45) is 7.05 Å². The van der Waals surface area contributed by atoms with Gasteiger partial charge in [0.05, 0.1) is 12.5 Å². The van der Waals surface area contributed by atoms with E-state index in [2.05, 4.69) is 20.1 Å². The highest BCUT2D eigenvalue weighted by Gasteiger charge is 2.21. The van der Waals surface area contributed by atoms with Gasteiger partial charge in [-0.1, -0.05) is 0 Å². The number of hydrogen-bond donors (Lipinski definition) is 0. The smallest absolute Gasteiger partial charge is 0.245 e. The van der Waals surface area contributed by atoms with Crippen molar-refractivity contribution in [1.82, 2.24) is 29.3 Å². The Morgan fingerprint density at radius 3 is 2.75 bits per heavy atom. The third-order valence-electron chi connectivity index (χ3n) is 2.91. The summed E-state index contributed by atoms with van der Waals surface area (Å²) in [5, 5.41) is 4.09. The summed E-state index contributed by atoms with van der Waals surface area (Å²) in [6, 6.07) is 1.87. The van der Waals surface area contributed by atoms with Crippen molar-refractivity contribution in [1.29, 1.82) is 0 Å². The van der Waals surface area contributed by atoms with Gasteiger partial charge < -0.3 is 4.74 Å². The summed E-state index contributed by atoms with van der Waals surface area (Å²) in [6.45, 7) is 1.85. The molecule has 0 saturated heterocycles. The minimum absolute atomic E-state index is 0.295. The van der Waals surface area contributed by atoms with E-state index in [1.807, 2.05) is 30.8 Å². The molecule has 3 aromatic rings. The number of imidazole rings is 1. The molecule has 0 aliphatic carbocycles. The molecular formula is C12H13ClN6O. The van der Waals surface area contributed by atoms with Crippen molar-refractivity contribution in [2.45, 2.75) is 12.3 Å². The lowest BCUT2D eigenvalue weighted by Gasteiger charge is -2.06. The number of methoxy groups -OCH3 is 1. The molecule has 1 unspecified atom stereocenters. The quantitative estimate of drug-likeness (QED) is 0.689. The van der Waals surface area contributed by atoms with Gasteiger partial charge in [-0.3, -0.25) is 9.25 Å². The number of aromatic nitrogens is 6. The number of fused-ring (bicyclic) bond motifs is 1. The molecule has 0 N–H and O–H groups in total. The van der Waals surface area contributed by atoms with Crippen molar-refractivity contribution in [2.75, 3.05) is 7.11 Å². The highest BCUT2D eigenvalue weighted by atomic mass is 35.5. The molecule has 7 nitrogen and oxygen atoms in total. The van der Waals surface area contributed by atoms with Gasteiger partial charge in [-0.15, -0.1) is 11.6 Å². The Labute approximate surface area is 120 Å². The highest BCUT2D eigenvalue weighted by molar-refractivity contribution is 6.20. The van der Waals surface area contributed by atoms with Crippen LogP contribution < -0.4 is 4.74 Å². The number of rotatable bonds is 3. The molecule has 0 spiro atoms. The number of nitrogens with zero attached hydrogens (tertiary/aromatic N) is 6. The van der Waals surface area contributed by atoms with Crippen LogP contribution in [0.2, 0.25) is 0 Å². The topological polar surface area (TPSA) is 70.7 Å². The van der Waals surface area contributed by atoms with Crippen molar-refractivity contribution in [3.63, 3.8) is 0 Å². The Morgan fingerprint density at radius 2 is 2.15 bits per heavy atom. The molecule has 20 heavy (non-hydrogen) atoms. The summed E-state index contributed by atoms with van der Waals surface area (Å²) >= 11 is 6.23. The first-order chi connectivity index (χ1) is 9.61. The Hall–Kier alpha value is -2.15. The van der Waals surface area contributed by atoms with Gasteiger partial charge in [0.25, 0.3) is 0 Å². The third kappa shape index (κ3) is 1.90. The van der Waals surface area contributed by atoms with Crippen molar-refractivity contribution >= 4 is 22.8 Å². The van der Waals surface area contributed by atoms with Gasteiger partial charge in [-0.05, 0) is 6.92 Å². The van der Waals surface area contributed by atoms with Crippen LogP contribution in [0.15, 0.2) is 18.6 Å². The number of hydrogen-bond acceptors (Lipinski definition) is 5. The lowest BCUT2D eigenvalue weighted by atomic mass is 10.4. The molecule has 3 rings (SSSR count). The summed E-state index contributed by atoms with van der Waals surface area (Å²) in [7, 11) is 3.40. The zero-order valence-electron chi connectivity index (χ0n) is 11.3. The molecule has 0 fully saturated rings. The predicted molar refractivity (Wildman–Crippen MR) is 74.2 cm³/mol. The maximum Gasteiger partial charge on any atom is 0.245 e. The van der Waals surface area contributed by atoms with Crippen LogP contribution in [0.25, 0.3) is 17.0 Å². The lowest BCUT2D eigenvalue weighted by molar-refractivity contribution is 0.401. The predicted octanol–water partition coefficient (Wildman–Crippen LogP) is 1.86. The molecule has 0 saturated carbocycles. The van der Waals surface area contributed by atoms with Crippen LogP contribution >= 0.6 is 11.6 Å². The molecule has 0 bridgehead atoms. The summed E-state index contributed by atoms with van der Waals surface area (Å²) in [4.78, 5) is 12.8. The van der Waals surface area contributed by atoms with E-state index in [4.69, 9.17) is 16.3 Å². The Kier molecular flexibility index (Phi) is 3.06. The fourth-order valence-electron chi connectivity index (χ4n) is 2.05. The van der Waals surface area contributed by atoms with E-state index in [0.29, 0.717) is 28.7 Å². The molecule has 3 heterocycles. The standard InChI is InChI=1S/C12H13ClN6O/c1-7(13)10-16-9-11(14-6-15-12(9)20-3)19(10)8-4-5-18(2)17-8/h4-7H,1-3H3. The van der Waals surface area contributed by atoms with Crippen LogP contribution in [-0.2, 0) is 7.05 Å². The van der Waals surface area contributed by atoms with Gasteiger partial charge in [0.1, 0.15) is 12.2 Å². The Morgan fingerprint density at radius 1 is 1.35 bits per heavy atom. The van der Waals surface area contributed by atoms with Crippen LogP contribution in [0, 0.1) is 0 Å². The van der Waals surface area contributed by atoms with E-state index >= 15 is 0 Å². The van der Waals surface area contributed by atoms with Gasteiger partial charge in [0.2, 0.25) is 5.88 Å². The summed E-state index contributed by atoms with van der Waals surface area (Å²) in [5.74, 6) is 1.78. The summed E-state index contributed by atoms with van der Waals surface area (Å²) < 4.78 is 8.75. The number of alkyl halides is 1. The number of halogens is 1. The van der Waals surface area contributed by atoms with Gasteiger partial charge in [0.15, 0.2) is 17.0 Å². The molecule has 1 atom stereocenters. The van der Waals surface area contributed by atoms with Gasteiger partial charge in [0, 0.05) is 19.3 Å². The van der Waals surface area contributed by atoms with Crippen molar-refractivity contribution in [3.05, 3.63) is 24.4 Å². The van der Waals surface area contributed by atoms with E-state index < -0.39 is 0 Å². The average molecular weight is 293 g/mol. The molecule has 0 amide bonds. The number of aryl methyl sites for hydroxylation is 1. The van der Waals surface area contributed by atoms with Gasteiger partial charge >= 0.3 is 0 Å². The third-order valence-corrected chi connectivity index (χ3v) is 3.11. The summed E-state index contributed by atoms with van der Waals surface area (Å²) in [5.41, 5.74) is 1.20. The van der Waals surface area contributed by atoms with Crippen LogP contribution in [0.4, 0.5) is 0 Å². The molecule has 104 valence electrons. The van der Waals surface area contributed by atoms with E-state index in [9.17, 15) is 0 Å². The first-order valence-electron chi connectivity index (χ1n) is 6.03. The zero-order valence-corrected chi connectivity index (χ0v) is 12.0. The van der Waals surface area contributed by atoms with Crippen molar-refractivity contribution in [3.8, 4) is 11.7 Å². The van der Waals surface area contributed by atoms with E-state index in [0.717, 1.165) is 0 Å². The molecule has 8 heteroatoms. The van der Waals surface area contributed by atoms with Crippen LogP contribution in [0.1, 0.15) is 18.1 Å². The zero-order chi connectivity index (χ0) is 14.3. The first kappa shape index (κ1) is 12.9. The molecule has 0 aliphatic rings. The Balaban J connectivity index is 2.36. The first-order valence-corrected chi connectivity index (χ1v) is 6.47. The fraction of sp³-hybridized carbons (Fsp3) is 0.333. The highest BCUT2D eigenvalue weighted by Crippen LogP contribution is 2.29. The SMILES string of the molecule is COc1ncnc2c1nc(C(C)Cl)n2-c1ccn(C)n1.